The van der Waals surface area contributed by atoms with E-state index >= 15 is 0 Å². The van der Waals surface area contributed by atoms with Crippen LogP contribution in [0.25, 0.3) is 0 Å². The minimum atomic E-state index is -4.31. The topological polar surface area (TPSA) is 122 Å². The van der Waals surface area contributed by atoms with Gasteiger partial charge in [-0.25, -0.2) is 0 Å². The molecule has 0 amide bonds. The zero-order valence-corrected chi connectivity index (χ0v) is 18.0. The van der Waals surface area contributed by atoms with E-state index in [0.717, 1.165) is 5.75 Å². The molecule has 0 bridgehead atoms. The number of hydrogen-bond donors (Lipinski definition) is 3. The molecular weight excluding hydrogens is 420 g/mol. The van der Waals surface area contributed by atoms with Crippen LogP contribution in [0.3, 0.4) is 0 Å². The number of anilines is 2. The van der Waals surface area contributed by atoms with Gasteiger partial charge >= 0.3 is 0 Å². The van der Waals surface area contributed by atoms with Crippen LogP contribution in [0.2, 0.25) is 0 Å². The number of hydrogen-bond acceptors (Lipinski definition) is 8. The Hall–Kier alpha value is -3.63. The van der Waals surface area contributed by atoms with Crippen molar-refractivity contribution in [1.29, 1.82) is 0 Å². The zero-order chi connectivity index (χ0) is 22.4. The summed E-state index contributed by atoms with van der Waals surface area (Å²) in [5, 5.41) is 8.42. The van der Waals surface area contributed by atoms with Crippen molar-refractivity contribution >= 4 is 32.9 Å². The molecule has 9 nitrogen and oxygen atoms in total. The maximum atomic E-state index is 11.5. The number of methoxy groups -OCH3 is 2. The van der Waals surface area contributed by atoms with E-state index in [1.54, 1.807) is 68.6 Å². The van der Waals surface area contributed by atoms with Crippen LogP contribution in [0, 0.1) is 6.92 Å². The number of hydrazine groups is 1. The molecule has 31 heavy (non-hydrogen) atoms. The third kappa shape index (κ3) is 5.71. The molecule has 3 aromatic carbocycles. The lowest BCUT2D eigenvalue weighted by Crippen LogP contribution is -2.10. The van der Waals surface area contributed by atoms with Crippen molar-refractivity contribution in [2.24, 2.45) is 10.2 Å². The van der Waals surface area contributed by atoms with Gasteiger partial charge in [0.15, 0.2) is 0 Å². The van der Waals surface area contributed by atoms with Gasteiger partial charge in [-0.15, -0.1) is 5.11 Å². The maximum Gasteiger partial charge on any atom is 0.294 e. The molecule has 3 N–H and O–H groups in total. The summed E-state index contributed by atoms with van der Waals surface area (Å²) in [7, 11) is -1.19. The highest BCUT2D eigenvalue weighted by Gasteiger charge is 2.13. The van der Waals surface area contributed by atoms with Gasteiger partial charge in [-0.3, -0.25) is 4.55 Å². The third-order valence-electron chi connectivity index (χ3n) is 4.34. The Morgan fingerprint density at radius 3 is 2.10 bits per heavy atom. The molecule has 3 rings (SSSR count). The zero-order valence-electron chi connectivity index (χ0n) is 17.2. The molecule has 0 aromatic heterocycles. The van der Waals surface area contributed by atoms with E-state index in [9.17, 15) is 13.0 Å². The van der Waals surface area contributed by atoms with Crippen LogP contribution in [0.1, 0.15) is 5.56 Å². The van der Waals surface area contributed by atoms with Gasteiger partial charge in [0, 0.05) is 6.07 Å². The fourth-order valence-electron chi connectivity index (χ4n) is 2.70. The van der Waals surface area contributed by atoms with Crippen molar-refractivity contribution in [3.05, 3.63) is 66.2 Å². The first kappa shape index (κ1) is 22.1. The number of benzene rings is 3. The van der Waals surface area contributed by atoms with Crippen LogP contribution in [0.15, 0.2) is 75.8 Å². The highest BCUT2D eigenvalue weighted by molar-refractivity contribution is 7.85. The van der Waals surface area contributed by atoms with E-state index in [-0.39, 0.29) is 4.90 Å². The molecule has 0 heterocycles. The second kappa shape index (κ2) is 9.45. The van der Waals surface area contributed by atoms with Crippen molar-refractivity contribution in [3.63, 3.8) is 0 Å². The Morgan fingerprint density at radius 2 is 1.48 bits per heavy atom. The average Bonchev–Trinajstić information content (AvgIpc) is 2.76. The summed E-state index contributed by atoms with van der Waals surface area (Å²) in [6, 6.07) is 17.0. The molecule has 0 fully saturated rings. The monoisotopic (exact) mass is 442 g/mol. The maximum absolute atomic E-state index is 11.5. The SMILES string of the molecule is COc1ccc(N=Nc2ccc(NNc3ccc(C)c(S(=O)(=O)O)c3)cc2OC)cc1. The van der Waals surface area contributed by atoms with Crippen LogP contribution in [-0.4, -0.2) is 27.2 Å². The summed E-state index contributed by atoms with van der Waals surface area (Å²) < 4.78 is 42.8. The number of nitrogens with one attached hydrogen (secondary N) is 2. The predicted octanol–water partition coefficient (Wildman–Crippen LogP) is 5.11. The lowest BCUT2D eigenvalue weighted by molar-refractivity contribution is 0.414. The molecule has 0 saturated carbocycles. The first-order chi connectivity index (χ1) is 14.8. The Labute approximate surface area is 180 Å². The molecule has 0 spiro atoms. The van der Waals surface area contributed by atoms with Crippen molar-refractivity contribution in [2.45, 2.75) is 11.8 Å². The van der Waals surface area contributed by atoms with E-state index in [0.29, 0.717) is 34.1 Å². The summed E-state index contributed by atoms with van der Waals surface area (Å²) in [5.74, 6) is 1.23. The highest BCUT2D eigenvalue weighted by atomic mass is 32.2. The number of ether oxygens (including phenoxy) is 2. The molecule has 0 aliphatic rings. The number of rotatable bonds is 8. The lowest BCUT2D eigenvalue weighted by Gasteiger charge is -2.13. The fourth-order valence-corrected chi connectivity index (χ4v) is 3.45. The van der Waals surface area contributed by atoms with E-state index in [1.165, 1.54) is 13.2 Å². The highest BCUT2D eigenvalue weighted by Crippen LogP contribution is 2.32. The van der Waals surface area contributed by atoms with E-state index < -0.39 is 10.1 Å². The first-order valence-corrected chi connectivity index (χ1v) is 10.6. The first-order valence-electron chi connectivity index (χ1n) is 9.14. The van der Waals surface area contributed by atoms with Gasteiger partial charge in [0.2, 0.25) is 0 Å². The Morgan fingerprint density at radius 1 is 0.839 bits per heavy atom. The standard InChI is InChI=1S/C21H22N4O5S/c1-14-4-5-17(13-21(14)31(26,27)28)24-23-16-8-11-19(20(12-16)30-3)25-22-15-6-9-18(29-2)10-7-15/h4-13,23-24H,1-3H3,(H,26,27,28). The van der Waals surface area contributed by atoms with Crippen molar-refractivity contribution in [2.75, 3.05) is 25.1 Å². The summed E-state index contributed by atoms with van der Waals surface area (Å²) in [4.78, 5) is -0.161. The molecule has 0 aliphatic carbocycles. The number of aryl methyl sites for hydroxylation is 1. The van der Waals surface area contributed by atoms with Gasteiger partial charge in [-0.2, -0.15) is 13.5 Å². The number of nitrogens with zero attached hydrogens (tertiary/aromatic N) is 2. The summed E-state index contributed by atoms with van der Waals surface area (Å²) in [6.45, 7) is 1.60. The summed E-state index contributed by atoms with van der Waals surface area (Å²) >= 11 is 0. The second-order valence-corrected chi connectivity index (χ2v) is 7.88. The average molecular weight is 442 g/mol. The van der Waals surface area contributed by atoms with Gasteiger partial charge in [-0.1, -0.05) is 6.07 Å². The fraction of sp³-hybridized carbons (Fsp3) is 0.143. The smallest absolute Gasteiger partial charge is 0.294 e. The molecule has 162 valence electrons. The Bertz CT molecular complexity index is 1190. The van der Waals surface area contributed by atoms with Gasteiger partial charge in [0.25, 0.3) is 10.1 Å². The predicted molar refractivity (Wildman–Crippen MR) is 118 cm³/mol. The Kier molecular flexibility index (Phi) is 6.73. The van der Waals surface area contributed by atoms with Gasteiger partial charge in [-0.05, 0) is 61.0 Å². The van der Waals surface area contributed by atoms with Crippen LogP contribution < -0.4 is 20.3 Å². The van der Waals surface area contributed by atoms with E-state index in [4.69, 9.17) is 9.47 Å². The molecule has 0 unspecified atom stereocenters. The molecule has 10 heteroatoms. The third-order valence-corrected chi connectivity index (χ3v) is 5.34. The minimum absolute atomic E-state index is 0.161. The van der Waals surface area contributed by atoms with Crippen LogP contribution in [0.5, 0.6) is 11.5 Å². The molecule has 0 atom stereocenters. The van der Waals surface area contributed by atoms with Crippen LogP contribution in [-0.2, 0) is 10.1 Å². The molecule has 0 saturated heterocycles. The van der Waals surface area contributed by atoms with Gasteiger partial charge in [0.1, 0.15) is 17.2 Å². The van der Waals surface area contributed by atoms with Crippen LogP contribution >= 0.6 is 0 Å². The lowest BCUT2D eigenvalue weighted by atomic mass is 10.2. The summed E-state index contributed by atoms with van der Waals surface area (Å²) in [6.07, 6.45) is 0. The van der Waals surface area contributed by atoms with Gasteiger partial charge < -0.3 is 20.3 Å². The second-order valence-electron chi connectivity index (χ2n) is 6.49. The molecule has 3 aromatic rings. The normalized spacial score (nSPS) is 11.4. The molecular formula is C21H22N4O5S. The van der Waals surface area contributed by atoms with E-state index in [1.807, 2.05) is 0 Å². The largest absolute Gasteiger partial charge is 0.497 e. The van der Waals surface area contributed by atoms with Crippen molar-refractivity contribution in [3.8, 4) is 11.5 Å². The van der Waals surface area contributed by atoms with Crippen molar-refractivity contribution in [1.82, 2.24) is 0 Å². The minimum Gasteiger partial charge on any atom is -0.497 e. The molecule has 0 radical (unpaired) electrons. The number of azo groups is 1. The summed E-state index contributed by atoms with van der Waals surface area (Å²) in [5.41, 5.74) is 8.60. The van der Waals surface area contributed by atoms with Crippen molar-refractivity contribution < 1.29 is 22.4 Å². The Balaban J connectivity index is 1.73. The molecule has 0 aliphatic heterocycles. The van der Waals surface area contributed by atoms with Crippen LogP contribution in [0.4, 0.5) is 22.7 Å². The van der Waals surface area contributed by atoms with Gasteiger partial charge in [0.05, 0.1) is 36.2 Å². The quantitative estimate of drug-likeness (QED) is 0.252. The van der Waals surface area contributed by atoms with E-state index in [2.05, 4.69) is 21.1 Å².